The van der Waals surface area contributed by atoms with Gasteiger partial charge < -0.3 is 10.6 Å². The Balaban J connectivity index is 1.71. The van der Waals surface area contributed by atoms with Crippen molar-refractivity contribution < 1.29 is 0 Å². The first-order chi connectivity index (χ1) is 6.29. The van der Waals surface area contributed by atoms with Gasteiger partial charge in [0.1, 0.15) is 0 Å². The Morgan fingerprint density at radius 2 is 2.31 bits per heavy atom. The first kappa shape index (κ1) is 9.47. The first-order valence-electron chi connectivity index (χ1n) is 5.74. The standard InChI is InChI=1S/C11H22N2/c1-11(5-2-7-13-11)6-3-10-4-8-12-9-10/h10,12-13H,2-9H2,1H3. The summed E-state index contributed by atoms with van der Waals surface area (Å²) in [7, 11) is 0. The molecule has 13 heavy (non-hydrogen) atoms. The van der Waals surface area contributed by atoms with E-state index in [1.54, 1.807) is 0 Å². The predicted octanol–water partition coefficient (Wildman–Crippen LogP) is 1.52. The molecule has 0 spiro atoms. The zero-order valence-electron chi connectivity index (χ0n) is 8.73. The van der Waals surface area contributed by atoms with Gasteiger partial charge in [-0.05, 0) is 64.6 Å². The molecule has 2 atom stereocenters. The van der Waals surface area contributed by atoms with E-state index in [1.807, 2.05) is 0 Å². The van der Waals surface area contributed by atoms with Crippen LogP contribution in [0.4, 0.5) is 0 Å². The van der Waals surface area contributed by atoms with E-state index in [-0.39, 0.29) is 0 Å². The molecular weight excluding hydrogens is 160 g/mol. The summed E-state index contributed by atoms with van der Waals surface area (Å²) in [4.78, 5) is 0. The minimum atomic E-state index is 0.475. The molecule has 2 unspecified atom stereocenters. The summed E-state index contributed by atoms with van der Waals surface area (Å²) in [6.07, 6.45) is 6.94. The van der Waals surface area contributed by atoms with Crippen molar-refractivity contribution in [3.63, 3.8) is 0 Å². The molecule has 2 fully saturated rings. The Bertz CT molecular complexity index is 155. The van der Waals surface area contributed by atoms with Crippen LogP contribution in [0.25, 0.3) is 0 Å². The monoisotopic (exact) mass is 182 g/mol. The van der Waals surface area contributed by atoms with Crippen LogP contribution in [0, 0.1) is 5.92 Å². The zero-order chi connectivity index (χ0) is 9.15. The van der Waals surface area contributed by atoms with Crippen molar-refractivity contribution in [1.29, 1.82) is 0 Å². The minimum Gasteiger partial charge on any atom is -0.316 e. The average Bonchev–Trinajstić information content (AvgIpc) is 2.72. The summed E-state index contributed by atoms with van der Waals surface area (Å²) in [6, 6.07) is 0. The molecule has 2 N–H and O–H groups in total. The van der Waals surface area contributed by atoms with E-state index in [2.05, 4.69) is 17.6 Å². The van der Waals surface area contributed by atoms with Crippen LogP contribution < -0.4 is 10.6 Å². The van der Waals surface area contributed by atoms with Crippen LogP contribution in [-0.4, -0.2) is 25.2 Å². The quantitative estimate of drug-likeness (QED) is 0.691. The molecule has 76 valence electrons. The first-order valence-corrected chi connectivity index (χ1v) is 5.74. The van der Waals surface area contributed by atoms with Crippen molar-refractivity contribution in [3.05, 3.63) is 0 Å². The lowest BCUT2D eigenvalue weighted by atomic mass is 9.89. The lowest BCUT2D eigenvalue weighted by Crippen LogP contribution is -2.36. The molecule has 0 bridgehead atoms. The molecule has 2 aliphatic rings. The van der Waals surface area contributed by atoms with Gasteiger partial charge in [0.25, 0.3) is 0 Å². The normalized spacial score (nSPS) is 39.9. The molecule has 0 aromatic rings. The molecular formula is C11H22N2. The van der Waals surface area contributed by atoms with Crippen LogP contribution >= 0.6 is 0 Å². The summed E-state index contributed by atoms with van der Waals surface area (Å²) < 4.78 is 0. The van der Waals surface area contributed by atoms with Crippen molar-refractivity contribution in [1.82, 2.24) is 10.6 Å². The maximum absolute atomic E-state index is 3.64. The summed E-state index contributed by atoms with van der Waals surface area (Å²) in [5.41, 5.74) is 0.475. The second-order valence-corrected chi connectivity index (χ2v) is 4.99. The van der Waals surface area contributed by atoms with Crippen molar-refractivity contribution in [2.45, 2.75) is 44.6 Å². The van der Waals surface area contributed by atoms with Gasteiger partial charge in [0.15, 0.2) is 0 Å². The van der Waals surface area contributed by atoms with Crippen LogP contribution in [0.1, 0.15) is 39.0 Å². The highest BCUT2D eigenvalue weighted by molar-refractivity contribution is 4.89. The summed E-state index contributed by atoms with van der Waals surface area (Å²) in [5.74, 6) is 0.958. The predicted molar refractivity (Wildman–Crippen MR) is 55.9 cm³/mol. The maximum atomic E-state index is 3.64. The molecule has 0 radical (unpaired) electrons. The number of rotatable bonds is 3. The third-order valence-corrected chi connectivity index (χ3v) is 3.72. The Hall–Kier alpha value is -0.0800. The highest BCUT2D eigenvalue weighted by Crippen LogP contribution is 2.27. The van der Waals surface area contributed by atoms with Gasteiger partial charge in [0.2, 0.25) is 0 Å². The van der Waals surface area contributed by atoms with E-state index in [0.717, 1.165) is 5.92 Å². The smallest absolute Gasteiger partial charge is 0.0153 e. The fraction of sp³-hybridized carbons (Fsp3) is 1.00. The number of nitrogens with one attached hydrogen (secondary N) is 2. The summed E-state index contributed by atoms with van der Waals surface area (Å²) >= 11 is 0. The molecule has 0 aromatic heterocycles. The summed E-state index contributed by atoms with van der Waals surface area (Å²) in [5, 5.41) is 7.08. The molecule has 0 amide bonds. The topological polar surface area (TPSA) is 24.1 Å². The van der Waals surface area contributed by atoms with E-state index in [4.69, 9.17) is 0 Å². The highest BCUT2D eigenvalue weighted by atomic mass is 15.0. The van der Waals surface area contributed by atoms with Crippen LogP contribution in [-0.2, 0) is 0 Å². The molecule has 2 heteroatoms. The third-order valence-electron chi connectivity index (χ3n) is 3.72. The molecule has 2 saturated heterocycles. The largest absolute Gasteiger partial charge is 0.316 e. The molecule has 2 rings (SSSR count). The van der Waals surface area contributed by atoms with Crippen LogP contribution in [0.5, 0.6) is 0 Å². The van der Waals surface area contributed by atoms with Gasteiger partial charge >= 0.3 is 0 Å². The lowest BCUT2D eigenvalue weighted by Gasteiger charge is -2.25. The van der Waals surface area contributed by atoms with Gasteiger partial charge in [-0.1, -0.05) is 0 Å². The Kier molecular flexibility index (Phi) is 2.89. The Morgan fingerprint density at radius 1 is 1.38 bits per heavy atom. The fourth-order valence-corrected chi connectivity index (χ4v) is 2.65. The number of hydrogen-bond acceptors (Lipinski definition) is 2. The minimum absolute atomic E-state index is 0.475. The Labute approximate surface area is 81.5 Å². The van der Waals surface area contributed by atoms with Gasteiger partial charge in [-0.3, -0.25) is 0 Å². The molecule has 0 aromatic carbocycles. The van der Waals surface area contributed by atoms with Gasteiger partial charge in [-0.2, -0.15) is 0 Å². The zero-order valence-corrected chi connectivity index (χ0v) is 8.73. The molecule has 2 nitrogen and oxygen atoms in total. The molecule has 2 aliphatic heterocycles. The second-order valence-electron chi connectivity index (χ2n) is 4.99. The van der Waals surface area contributed by atoms with Crippen molar-refractivity contribution in [3.8, 4) is 0 Å². The van der Waals surface area contributed by atoms with Gasteiger partial charge in [-0.25, -0.2) is 0 Å². The summed E-state index contributed by atoms with van der Waals surface area (Å²) in [6.45, 7) is 6.13. The van der Waals surface area contributed by atoms with Crippen LogP contribution in [0.3, 0.4) is 0 Å². The molecule has 2 heterocycles. The van der Waals surface area contributed by atoms with E-state index in [1.165, 1.54) is 51.7 Å². The average molecular weight is 182 g/mol. The van der Waals surface area contributed by atoms with Crippen LogP contribution in [0.2, 0.25) is 0 Å². The molecule has 0 aliphatic carbocycles. The van der Waals surface area contributed by atoms with Crippen molar-refractivity contribution >= 4 is 0 Å². The van der Waals surface area contributed by atoms with Crippen molar-refractivity contribution in [2.75, 3.05) is 19.6 Å². The van der Waals surface area contributed by atoms with Gasteiger partial charge in [0, 0.05) is 5.54 Å². The van der Waals surface area contributed by atoms with E-state index in [9.17, 15) is 0 Å². The SMILES string of the molecule is CC1(CCC2CCNC2)CCCN1. The van der Waals surface area contributed by atoms with E-state index < -0.39 is 0 Å². The van der Waals surface area contributed by atoms with Crippen molar-refractivity contribution in [2.24, 2.45) is 5.92 Å². The third kappa shape index (κ3) is 2.44. The second kappa shape index (κ2) is 3.97. The number of hydrogen-bond donors (Lipinski definition) is 2. The molecule has 0 saturated carbocycles. The fourth-order valence-electron chi connectivity index (χ4n) is 2.65. The Morgan fingerprint density at radius 3 is 2.92 bits per heavy atom. The van der Waals surface area contributed by atoms with E-state index >= 15 is 0 Å². The van der Waals surface area contributed by atoms with Crippen LogP contribution in [0.15, 0.2) is 0 Å². The van der Waals surface area contributed by atoms with Gasteiger partial charge in [-0.15, -0.1) is 0 Å². The van der Waals surface area contributed by atoms with Gasteiger partial charge in [0.05, 0.1) is 0 Å². The highest BCUT2D eigenvalue weighted by Gasteiger charge is 2.28. The lowest BCUT2D eigenvalue weighted by molar-refractivity contribution is 0.340. The maximum Gasteiger partial charge on any atom is 0.0153 e. The van der Waals surface area contributed by atoms with E-state index in [0.29, 0.717) is 5.54 Å².